The van der Waals surface area contributed by atoms with E-state index in [2.05, 4.69) is 0 Å². The molecule has 4 aliphatic rings. The van der Waals surface area contributed by atoms with Crippen molar-refractivity contribution in [1.82, 2.24) is 4.90 Å². The van der Waals surface area contributed by atoms with Gasteiger partial charge >= 0.3 is 0 Å². The summed E-state index contributed by atoms with van der Waals surface area (Å²) in [7, 11) is 2.88. The van der Waals surface area contributed by atoms with Gasteiger partial charge in [-0.15, -0.1) is 0 Å². The van der Waals surface area contributed by atoms with Crippen LogP contribution in [0, 0.1) is 23.7 Å². The highest BCUT2D eigenvalue weighted by Crippen LogP contribution is 2.64. The molecule has 0 aromatic heterocycles. The molecule has 8 heteroatoms. The van der Waals surface area contributed by atoms with Crippen molar-refractivity contribution >= 4 is 29.0 Å². The number of carbonyl (C=O) groups excluding carboxylic acids is 4. The Kier molecular flexibility index (Phi) is 7.62. The Morgan fingerprint density at radius 1 is 0.872 bits per heavy atom. The van der Waals surface area contributed by atoms with Crippen molar-refractivity contribution < 1.29 is 33.8 Å². The van der Waals surface area contributed by atoms with E-state index in [4.69, 9.17) is 9.47 Å². The minimum absolute atomic E-state index is 0.159. The lowest BCUT2D eigenvalue weighted by atomic mass is 9.44. The van der Waals surface area contributed by atoms with Crippen molar-refractivity contribution in [2.75, 3.05) is 20.8 Å². The zero-order valence-electron chi connectivity index (χ0n) is 26.6. The molecule has 3 aromatic carbocycles. The van der Waals surface area contributed by atoms with Crippen molar-refractivity contribution in [3.63, 3.8) is 0 Å². The Bertz CT molecular complexity index is 1820. The van der Waals surface area contributed by atoms with Crippen LogP contribution in [0.3, 0.4) is 0 Å². The van der Waals surface area contributed by atoms with Crippen LogP contribution in [-0.2, 0) is 24.6 Å². The van der Waals surface area contributed by atoms with Gasteiger partial charge in [-0.3, -0.25) is 24.1 Å². The number of imide groups is 1. The Balaban J connectivity index is 1.53. The molecule has 6 unspecified atom stereocenters. The summed E-state index contributed by atoms with van der Waals surface area (Å²) in [6, 6.07) is 22.0. The summed E-state index contributed by atoms with van der Waals surface area (Å²) in [5.41, 5.74) is 1.76. The Hall–Kier alpha value is -4.98. The van der Waals surface area contributed by atoms with Crippen molar-refractivity contribution in [1.29, 1.82) is 0 Å². The molecule has 47 heavy (non-hydrogen) atoms. The highest BCUT2D eigenvalue weighted by molar-refractivity contribution is 6.31. The third kappa shape index (κ3) is 4.41. The number of benzene rings is 3. The van der Waals surface area contributed by atoms with Gasteiger partial charge in [-0.2, -0.15) is 0 Å². The number of phenols is 1. The number of amides is 2. The maximum Gasteiger partial charge on any atom is 0.233 e. The molecular weight excluding hydrogens is 594 g/mol. The summed E-state index contributed by atoms with van der Waals surface area (Å²) in [4.78, 5) is 59.1. The van der Waals surface area contributed by atoms with Crippen LogP contribution in [0.1, 0.15) is 48.8 Å². The first kappa shape index (κ1) is 30.7. The summed E-state index contributed by atoms with van der Waals surface area (Å²) in [6.07, 6.45) is 4.75. The highest BCUT2D eigenvalue weighted by Gasteiger charge is 2.65. The van der Waals surface area contributed by atoms with Gasteiger partial charge in [0.25, 0.3) is 0 Å². The van der Waals surface area contributed by atoms with Crippen molar-refractivity contribution in [2.45, 2.75) is 37.5 Å². The molecule has 1 aliphatic heterocycles. The van der Waals surface area contributed by atoms with Crippen LogP contribution < -0.4 is 9.47 Å². The molecule has 2 amide bonds. The van der Waals surface area contributed by atoms with E-state index < -0.39 is 35.0 Å². The van der Waals surface area contributed by atoms with Crippen molar-refractivity contribution in [3.05, 3.63) is 107 Å². The number of carbonyl (C=O) groups is 4. The number of aromatic hydroxyl groups is 1. The van der Waals surface area contributed by atoms with Gasteiger partial charge in [0.1, 0.15) is 0 Å². The number of allylic oxidation sites excluding steroid dienone is 4. The number of phenolic OH excluding ortho intramolecular Hbond substituents is 1. The van der Waals surface area contributed by atoms with E-state index in [-0.39, 0.29) is 47.1 Å². The molecule has 8 nitrogen and oxygen atoms in total. The van der Waals surface area contributed by atoms with Gasteiger partial charge in [0.2, 0.25) is 17.6 Å². The van der Waals surface area contributed by atoms with Gasteiger partial charge in [-0.05, 0) is 60.1 Å². The lowest BCUT2D eigenvalue weighted by Gasteiger charge is -2.55. The topological polar surface area (TPSA) is 110 Å². The first-order valence-electron chi connectivity index (χ1n) is 16.2. The SMILES string of the molecule is CCCN1C(=O)C2CC=C3C(CC4C(=O)C(c5ccccc5)=CC(=O)C4(c4ccccc4)C3c3cc(OC)c(O)c(OC)c3)C2C1=O. The number of fused-ring (bicyclic) bond motifs is 4. The molecule has 0 bridgehead atoms. The summed E-state index contributed by atoms with van der Waals surface area (Å²) in [5.74, 6) is -3.83. The molecular formula is C39H37NO7. The Labute approximate surface area is 273 Å². The number of hydrogen-bond donors (Lipinski definition) is 1. The fourth-order valence-electron chi connectivity index (χ4n) is 8.84. The predicted molar refractivity (Wildman–Crippen MR) is 175 cm³/mol. The molecule has 0 spiro atoms. The van der Waals surface area contributed by atoms with Crippen molar-refractivity contribution in [2.24, 2.45) is 23.7 Å². The van der Waals surface area contributed by atoms with Gasteiger partial charge < -0.3 is 14.6 Å². The van der Waals surface area contributed by atoms with Gasteiger partial charge in [0.15, 0.2) is 23.1 Å². The molecule has 2 fully saturated rings. The third-order valence-corrected chi connectivity index (χ3v) is 10.7. The van der Waals surface area contributed by atoms with Crippen LogP contribution in [-0.4, -0.2) is 54.2 Å². The number of hydrogen-bond acceptors (Lipinski definition) is 7. The van der Waals surface area contributed by atoms with Crippen LogP contribution in [0.5, 0.6) is 17.2 Å². The minimum Gasteiger partial charge on any atom is -0.502 e. The van der Waals surface area contributed by atoms with Gasteiger partial charge in [-0.25, -0.2) is 0 Å². The third-order valence-electron chi connectivity index (χ3n) is 10.7. The van der Waals surface area contributed by atoms with E-state index >= 15 is 4.79 Å². The summed E-state index contributed by atoms with van der Waals surface area (Å²) in [5, 5.41) is 10.9. The van der Waals surface area contributed by atoms with E-state index in [1.807, 2.05) is 73.7 Å². The van der Waals surface area contributed by atoms with Gasteiger partial charge in [0.05, 0.1) is 31.5 Å². The second-order valence-corrected chi connectivity index (χ2v) is 12.9. The number of ketones is 2. The zero-order valence-corrected chi connectivity index (χ0v) is 26.6. The largest absolute Gasteiger partial charge is 0.502 e. The summed E-state index contributed by atoms with van der Waals surface area (Å²) >= 11 is 0. The first-order chi connectivity index (χ1) is 22.8. The maximum absolute atomic E-state index is 15.1. The molecule has 3 aliphatic carbocycles. The summed E-state index contributed by atoms with van der Waals surface area (Å²) < 4.78 is 11.2. The molecule has 240 valence electrons. The molecule has 7 rings (SSSR count). The second kappa shape index (κ2) is 11.7. The fraction of sp³-hybridized carbons (Fsp3) is 0.333. The summed E-state index contributed by atoms with van der Waals surface area (Å²) in [6.45, 7) is 2.28. The van der Waals surface area contributed by atoms with E-state index in [1.165, 1.54) is 25.2 Å². The molecule has 1 saturated heterocycles. The number of Topliss-reactive ketones (excluding diaryl/α,β-unsaturated/α-hetero) is 1. The van der Waals surface area contributed by atoms with E-state index in [0.29, 0.717) is 41.6 Å². The lowest BCUT2D eigenvalue weighted by Crippen LogP contribution is -2.58. The van der Waals surface area contributed by atoms with E-state index in [9.17, 15) is 19.5 Å². The fourth-order valence-corrected chi connectivity index (χ4v) is 8.84. The average Bonchev–Trinajstić information content (AvgIpc) is 3.34. The molecule has 1 N–H and O–H groups in total. The Morgan fingerprint density at radius 2 is 1.51 bits per heavy atom. The van der Waals surface area contributed by atoms with Crippen LogP contribution in [0.25, 0.3) is 5.57 Å². The lowest BCUT2D eigenvalue weighted by molar-refractivity contribution is -0.140. The van der Waals surface area contributed by atoms with Crippen LogP contribution in [0.2, 0.25) is 0 Å². The smallest absolute Gasteiger partial charge is 0.233 e. The Morgan fingerprint density at radius 3 is 2.13 bits per heavy atom. The molecule has 0 radical (unpaired) electrons. The number of methoxy groups -OCH3 is 2. The number of ether oxygens (including phenoxy) is 2. The molecule has 6 atom stereocenters. The number of likely N-dealkylation sites (tertiary alicyclic amines) is 1. The maximum atomic E-state index is 15.1. The van der Waals surface area contributed by atoms with Crippen LogP contribution in [0.4, 0.5) is 0 Å². The minimum atomic E-state index is -1.38. The van der Waals surface area contributed by atoms with Crippen LogP contribution in [0.15, 0.2) is 90.5 Å². The van der Waals surface area contributed by atoms with Crippen molar-refractivity contribution in [3.8, 4) is 17.2 Å². The predicted octanol–water partition coefficient (Wildman–Crippen LogP) is 5.64. The molecule has 3 aromatic rings. The highest BCUT2D eigenvalue weighted by atomic mass is 16.5. The van der Waals surface area contributed by atoms with E-state index in [1.54, 1.807) is 12.1 Å². The molecule has 1 saturated carbocycles. The first-order valence-corrected chi connectivity index (χ1v) is 16.2. The normalized spacial score (nSPS) is 28.2. The standard InChI is InChI=1S/C39H37NO7/c1-4-17-40-37(44)26-16-15-25-28(33(26)38(40)45)20-29-35(42)27(22-11-7-5-8-12-22)21-32(41)39(29,24-13-9-6-10-14-24)34(25)23-18-30(46-2)36(43)31(19-23)47-3/h5-15,18-19,21,26,28-29,33-34,43H,4,16-17,20H2,1-3H3. The van der Waals surface area contributed by atoms with Gasteiger partial charge in [0, 0.05) is 24.0 Å². The second-order valence-electron chi connectivity index (χ2n) is 12.9. The van der Waals surface area contributed by atoms with E-state index in [0.717, 1.165) is 5.57 Å². The molecule has 1 heterocycles. The number of nitrogens with zero attached hydrogens (tertiary/aromatic N) is 1. The van der Waals surface area contributed by atoms with Gasteiger partial charge in [-0.1, -0.05) is 79.2 Å². The number of rotatable bonds is 7. The average molecular weight is 632 g/mol. The zero-order chi connectivity index (χ0) is 33.0. The quantitative estimate of drug-likeness (QED) is 0.265. The van der Waals surface area contributed by atoms with Crippen LogP contribution >= 0.6 is 0 Å². The monoisotopic (exact) mass is 631 g/mol.